The van der Waals surface area contributed by atoms with Gasteiger partial charge in [0.1, 0.15) is 0 Å². The Morgan fingerprint density at radius 1 is 1.02 bits per heavy atom. The average molecular weight is 559 g/mol. The predicted octanol–water partition coefficient (Wildman–Crippen LogP) is 6.00. The Kier molecular flexibility index (Phi) is 8.55. The zero-order chi connectivity index (χ0) is 28.1. The third-order valence-corrected chi connectivity index (χ3v) is 7.77. The molecule has 1 fully saturated rings. The molecular formula is C31H31ClN4O4. The van der Waals surface area contributed by atoms with Gasteiger partial charge in [-0.2, -0.15) is 4.98 Å². The molecule has 2 heterocycles. The number of hydrogen-bond donors (Lipinski definition) is 2. The Bertz CT molecular complexity index is 1480. The summed E-state index contributed by atoms with van der Waals surface area (Å²) >= 11 is 6.31. The van der Waals surface area contributed by atoms with Gasteiger partial charge in [0.2, 0.25) is 11.7 Å². The minimum atomic E-state index is -0.756. The van der Waals surface area contributed by atoms with Crippen molar-refractivity contribution in [3.8, 4) is 11.1 Å². The van der Waals surface area contributed by atoms with Crippen LogP contribution in [-0.2, 0) is 4.79 Å². The summed E-state index contributed by atoms with van der Waals surface area (Å²) in [5, 5.41) is 6.66. The molecule has 0 bridgehead atoms. The maximum absolute atomic E-state index is 13.1. The largest absolute Gasteiger partial charge is 0.432 e. The van der Waals surface area contributed by atoms with E-state index in [1.54, 1.807) is 30.5 Å². The number of fused-ring (bicyclic) bond motifs is 1. The first-order chi connectivity index (χ1) is 19.4. The highest BCUT2D eigenvalue weighted by atomic mass is 35.5. The molecule has 1 unspecified atom stereocenters. The van der Waals surface area contributed by atoms with E-state index in [1.165, 1.54) is 0 Å². The summed E-state index contributed by atoms with van der Waals surface area (Å²) in [6.07, 6.45) is 5.78. The number of Topliss-reactive ketones (excluding diaryl/α,β-unsaturated/α-hetero) is 1. The molecule has 1 aliphatic carbocycles. The number of pyridine rings is 1. The number of aromatic nitrogens is 2. The number of amides is 2. The van der Waals surface area contributed by atoms with Gasteiger partial charge in [0.05, 0.1) is 6.04 Å². The van der Waals surface area contributed by atoms with Crippen LogP contribution in [-0.4, -0.2) is 39.6 Å². The van der Waals surface area contributed by atoms with Gasteiger partial charge in [-0.3, -0.25) is 14.4 Å². The number of carbonyl (C=O) groups excluding carboxylic acids is 3. The van der Waals surface area contributed by atoms with Crippen molar-refractivity contribution in [1.29, 1.82) is 0 Å². The summed E-state index contributed by atoms with van der Waals surface area (Å²) in [4.78, 5) is 47.4. The first-order valence-electron chi connectivity index (χ1n) is 13.6. The van der Waals surface area contributed by atoms with Crippen LogP contribution in [0.25, 0.3) is 22.4 Å². The van der Waals surface area contributed by atoms with Gasteiger partial charge in [0.15, 0.2) is 11.2 Å². The second-order valence-electron chi connectivity index (χ2n) is 10.1. The Morgan fingerprint density at radius 2 is 1.80 bits per heavy atom. The zero-order valence-electron chi connectivity index (χ0n) is 22.2. The van der Waals surface area contributed by atoms with E-state index in [0.717, 1.165) is 36.8 Å². The van der Waals surface area contributed by atoms with E-state index in [1.807, 2.05) is 43.3 Å². The van der Waals surface area contributed by atoms with Gasteiger partial charge in [-0.05, 0) is 61.1 Å². The lowest BCUT2D eigenvalue weighted by Gasteiger charge is -2.32. The Hall–Kier alpha value is -4.04. The van der Waals surface area contributed by atoms with Crippen LogP contribution in [0.2, 0.25) is 5.02 Å². The summed E-state index contributed by atoms with van der Waals surface area (Å²) in [5.41, 5.74) is 3.17. The van der Waals surface area contributed by atoms with Crippen molar-refractivity contribution in [3.05, 3.63) is 83.3 Å². The molecule has 5 rings (SSSR count). The van der Waals surface area contributed by atoms with Crippen molar-refractivity contribution in [2.24, 2.45) is 5.92 Å². The molecule has 9 heteroatoms. The van der Waals surface area contributed by atoms with Gasteiger partial charge in [0.25, 0.3) is 11.8 Å². The number of hydrogen-bond acceptors (Lipinski definition) is 6. The van der Waals surface area contributed by atoms with Crippen LogP contribution in [0.15, 0.2) is 71.3 Å². The van der Waals surface area contributed by atoms with E-state index in [-0.39, 0.29) is 41.9 Å². The van der Waals surface area contributed by atoms with Crippen molar-refractivity contribution >= 4 is 40.4 Å². The van der Waals surface area contributed by atoms with Crippen LogP contribution >= 0.6 is 11.6 Å². The molecule has 1 saturated carbocycles. The predicted molar refractivity (Wildman–Crippen MR) is 153 cm³/mol. The maximum Gasteiger partial charge on any atom is 0.268 e. The van der Waals surface area contributed by atoms with Gasteiger partial charge < -0.3 is 15.1 Å². The minimum Gasteiger partial charge on any atom is -0.432 e. The van der Waals surface area contributed by atoms with Crippen molar-refractivity contribution < 1.29 is 18.8 Å². The quantitative estimate of drug-likeness (QED) is 0.243. The summed E-state index contributed by atoms with van der Waals surface area (Å²) in [5.74, 6) is -0.882. The Morgan fingerprint density at radius 3 is 2.55 bits per heavy atom. The molecule has 3 atom stereocenters. The molecule has 0 spiro atoms. The van der Waals surface area contributed by atoms with Crippen LogP contribution < -0.4 is 10.6 Å². The van der Waals surface area contributed by atoms with E-state index in [2.05, 4.69) is 20.6 Å². The molecule has 0 saturated heterocycles. The number of rotatable bonds is 9. The minimum absolute atomic E-state index is 0.0266. The molecule has 2 aromatic carbocycles. The van der Waals surface area contributed by atoms with Crippen LogP contribution in [0.4, 0.5) is 0 Å². The molecular weight excluding hydrogens is 528 g/mol. The molecule has 2 aromatic heterocycles. The molecule has 2 amide bonds. The Balaban J connectivity index is 1.20. The summed E-state index contributed by atoms with van der Waals surface area (Å²) in [7, 11) is 0. The second kappa shape index (κ2) is 12.4. The van der Waals surface area contributed by atoms with Crippen molar-refractivity contribution in [1.82, 2.24) is 20.6 Å². The topological polar surface area (TPSA) is 114 Å². The van der Waals surface area contributed by atoms with Crippen LogP contribution in [0.5, 0.6) is 0 Å². The fourth-order valence-electron chi connectivity index (χ4n) is 5.26. The molecule has 206 valence electrons. The van der Waals surface area contributed by atoms with E-state index in [4.69, 9.17) is 16.0 Å². The average Bonchev–Trinajstić information content (AvgIpc) is 3.41. The third kappa shape index (κ3) is 6.23. The smallest absolute Gasteiger partial charge is 0.268 e. The van der Waals surface area contributed by atoms with Crippen LogP contribution in [0.1, 0.15) is 66.5 Å². The van der Waals surface area contributed by atoms with E-state index in [9.17, 15) is 14.4 Å². The molecule has 0 aliphatic heterocycles. The third-order valence-electron chi connectivity index (χ3n) is 7.44. The number of carbonyl (C=O) groups is 3. The summed E-state index contributed by atoms with van der Waals surface area (Å²) in [6, 6.07) is 17.4. The van der Waals surface area contributed by atoms with E-state index < -0.39 is 6.04 Å². The molecule has 40 heavy (non-hydrogen) atoms. The lowest BCUT2D eigenvalue weighted by molar-refractivity contribution is -0.123. The summed E-state index contributed by atoms with van der Waals surface area (Å²) in [6.45, 7) is 1.82. The molecule has 4 aromatic rings. The van der Waals surface area contributed by atoms with Gasteiger partial charge in [-0.25, -0.2) is 4.98 Å². The van der Waals surface area contributed by atoms with Gasteiger partial charge in [-0.1, -0.05) is 61.7 Å². The number of nitrogens with one attached hydrogen (secondary N) is 2. The van der Waals surface area contributed by atoms with Crippen molar-refractivity contribution in [2.75, 3.05) is 0 Å². The van der Waals surface area contributed by atoms with Gasteiger partial charge in [-0.15, -0.1) is 0 Å². The number of benzene rings is 2. The monoisotopic (exact) mass is 558 g/mol. The van der Waals surface area contributed by atoms with Gasteiger partial charge in [0, 0.05) is 34.8 Å². The Labute approximate surface area is 237 Å². The van der Waals surface area contributed by atoms with E-state index in [0.29, 0.717) is 28.2 Å². The number of nitrogens with zero attached hydrogens (tertiary/aromatic N) is 2. The molecule has 1 aliphatic rings. The van der Waals surface area contributed by atoms with E-state index >= 15 is 0 Å². The van der Waals surface area contributed by atoms with Crippen molar-refractivity contribution in [2.45, 2.75) is 57.5 Å². The highest BCUT2D eigenvalue weighted by molar-refractivity contribution is 6.33. The number of halogens is 1. The SMILES string of the molecule is CC[C@H](NC(=O)CC1CCCC[C@@H]1NC(=O)c1ccc(-c2ccccc2Cl)cc1)C(=O)c1nc2ncccc2o1. The standard InChI is InChI=1S/C31H31ClN4O4/c1-2-24(28(38)31-36-29-26(40-31)12-7-17-33-29)34-27(37)18-21-8-3-6-11-25(21)35-30(39)20-15-13-19(14-16-20)22-9-4-5-10-23(22)32/h4-5,7,9-10,12-17,21,24-25H,2-3,6,8,11,18H2,1H3,(H,34,37)(H,35,39)/t21?,24-,25-/m0/s1. The highest BCUT2D eigenvalue weighted by Gasteiger charge is 2.31. The zero-order valence-corrected chi connectivity index (χ0v) is 23.0. The molecule has 2 N–H and O–H groups in total. The fraction of sp³-hybridized carbons (Fsp3) is 0.323. The number of ketones is 1. The second-order valence-corrected chi connectivity index (χ2v) is 10.5. The maximum atomic E-state index is 13.1. The molecule has 0 radical (unpaired) electrons. The lowest BCUT2D eigenvalue weighted by atomic mass is 9.82. The highest BCUT2D eigenvalue weighted by Crippen LogP contribution is 2.29. The van der Waals surface area contributed by atoms with Crippen molar-refractivity contribution in [3.63, 3.8) is 0 Å². The lowest BCUT2D eigenvalue weighted by Crippen LogP contribution is -2.46. The first kappa shape index (κ1) is 27.5. The van der Waals surface area contributed by atoms with Crippen LogP contribution in [0, 0.1) is 5.92 Å². The van der Waals surface area contributed by atoms with Gasteiger partial charge >= 0.3 is 0 Å². The fourth-order valence-corrected chi connectivity index (χ4v) is 5.50. The normalized spacial score (nSPS) is 17.8. The van der Waals surface area contributed by atoms with Crippen LogP contribution in [0.3, 0.4) is 0 Å². The first-order valence-corrected chi connectivity index (χ1v) is 14.0. The summed E-state index contributed by atoms with van der Waals surface area (Å²) < 4.78 is 5.56. The number of oxazole rings is 1. The molecule has 8 nitrogen and oxygen atoms in total.